The number of ether oxygens (including phenoxy) is 1. The molecule has 0 radical (unpaired) electrons. The van der Waals surface area contributed by atoms with Crippen molar-refractivity contribution in [2.45, 2.75) is 84.3 Å². The molecule has 3 atom stereocenters. The number of methoxy groups -OCH3 is 1. The Balaban J connectivity index is 0.00000533. The van der Waals surface area contributed by atoms with Gasteiger partial charge in [-0.1, -0.05) is 31.7 Å². The first-order valence-corrected chi connectivity index (χ1v) is 23.3. The monoisotopic (exact) mass is 899 g/mol. The maximum atomic E-state index is 16.3. The van der Waals surface area contributed by atoms with Crippen molar-refractivity contribution < 1.29 is 23.7 Å². The molecule has 2 unspecified atom stereocenters. The van der Waals surface area contributed by atoms with Gasteiger partial charge in [0.05, 0.1) is 18.4 Å². The molecule has 2 N–H and O–H groups in total. The Kier molecular flexibility index (Phi) is 12.1. The molecule has 3 aliphatic heterocycles. The predicted molar refractivity (Wildman–Crippen MR) is 256 cm³/mol. The molecule has 0 amide bonds. The van der Waals surface area contributed by atoms with Gasteiger partial charge in [-0.15, -0.1) is 21.5 Å². The van der Waals surface area contributed by atoms with E-state index in [2.05, 4.69) is 61.5 Å². The van der Waals surface area contributed by atoms with Gasteiger partial charge >= 0.3 is 0 Å². The number of piperazine rings is 1. The largest absolute Gasteiger partial charge is 0.508 e. The van der Waals surface area contributed by atoms with Crippen molar-refractivity contribution in [2.24, 2.45) is 4.99 Å². The highest BCUT2D eigenvalue weighted by Gasteiger charge is 2.38. The third kappa shape index (κ3) is 8.20. The van der Waals surface area contributed by atoms with Crippen molar-refractivity contribution >= 4 is 28.4 Å². The van der Waals surface area contributed by atoms with Crippen LogP contribution in [0.4, 0.5) is 20.2 Å². The van der Waals surface area contributed by atoms with E-state index in [0.29, 0.717) is 43.8 Å². The maximum Gasteiger partial charge on any atom is 0.162 e. The Hall–Kier alpha value is -5.63. The van der Waals surface area contributed by atoms with Crippen LogP contribution in [0.15, 0.2) is 83.9 Å². The zero-order chi connectivity index (χ0) is 44.4. The number of thiophene rings is 1. The summed E-state index contributed by atoms with van der Waals surface area (Å²) in [6.07, 6.45) is 2.81. The second-order valence-corrected chi connectivity index (χ2v) is 19.4. The van der Waals surface area contributed by atoms with Crippen molar-refractivity contribution in [1.29, 1.82) is 0 Å². The number of rotatable bonds is 8. The van der Waals surface area contributed by atoms with Crippen LogP contribution >= 0.6 is 11.3 Å². The van der Waals surface area contributed by atoms with E-state index in [9.17, 15) is 14.6 Å². The van der Waals surface area contributed by atoms with Crippen molar-refractivity contribution in [2.75, 3.05) is 62.7 Å². The summed E-state index contributed by atoms with van der Waals surface area (Å²) >= 11 is 1.66. The zero-order valence-electron chi connectivity index (χ0n) is 37.1. The number of hydrogen-bond donors (Lipinski definition) is 2. The van der Waals surface area contributed by atoms with Crippen molar-refractivity contribution in [1.82, 2.24) is 19.7 Å². The summed E-state index contributed by atoms with van der Waals surface area (Å²) < 4.78 is 39.0. The molecule has 10 rings (SSSR count). The van der Waals surface area contributed by atoms with Gasteiger partial charge in [0.15, 0.2) is 5.82 Å². The molecule has 0 bridgehead atoms. The fourth-order valence-corrected chi connectivity index (χ4v) is 11.9. The van der Waals surface area contributed by atoms with Gasteiger partial charge in [-0.3, -0.25) is 14.5 Å². The van der Waals surface area contributed by atoms with Crippen LogP contribution in [0.5, 0.6) is 11.5 Å². The first-order valence-electron chi connectivity index (χ1n) is 22.5. The number of phenols is 1. The minimum absolute atomic E-state index is 0. The Labute approximate surface area is 384 Å². The van der Waals surface area contributed by atoms with Crippen LogP contribution in [0.1, 0.15) is 107 Å². The average Bonchev–Trinajstić information content (AvgIpc) is 3.78. The Morgan fingerprint density at radius 1 is 0.846 bits per heavy atom. The molecule has 2 saturated heterocycles. The second kappa shape index (κ2) is 17.6. The normalized spacial score (nSPS) is 20.6. The maximum absolute atomic E-state index is 16.3. The summed E-state index contributed by atoms with van der Waals surface area (Å²) in [5.74, 6) is 2.01. The number of piperidine rings is 1. The van der Waals surface area contributed by atoms with Crippen LogP contribution in [0.3, 0.4) is 0 Å². The van der Waals surface area contributed by atoms with Crippen LogP contribution in [-0.4, -0.2) is 94.1 Å². The van der Waals surface area contributed by atoms with Gasteiger partial charge in [0.2, 0.25) is 0 Å². The smallest absolute Gasteiger partial charge is 0.162 e. The highest BCUT2D eigenvalue weighted by Crippen LogP contribution is 2.50. The summed E-state index contributed by atoms with van der Waals surface area (Å²) in [6, 6.07) is 24.2. The number of benzene rings is 4. The standard InChI is InChI=1S/C51H55F2N7O3S.CH4/c1-30-32(3)64-50-46(30)48(54-31(2)49-56-55-33(4)60(49)50)42-14-10-37(27-44(42)53)58-19-17-51(62,18-20-58)29-57-21-23-59(24-22-57)38-11-15-43(45(28-38)63-5)47-40(34-7-6-8-36(52)25-34)13-9-35-26-39(61)12-16-41(35)47;/h6-8,10-12,14-16,25-28,31,40,47,61-62H,9,13,17-24,29H2,1-5H3;1H4/t31-,40?,47?;/m0./s1. The molecule has 0 spiro atoms. The molecule has 6 aromatic rings. The topological polar surface area (TPSA) is 102 Å². The number of aromatic nitrogens is 3. The number of β-amino-alcohol motifs (C(OH)–C–C–N with tert-alkyl or cyclic N) is 1. The Morgan fingerprint density at radius 3 is 2.31 bits per heavy atom. The highest BCUT2D eigenvalue weighted by molar-refractivity contribution is 7.15. The summed E-state index contributed by atoms with van der Waals surface area (Å²) in [5, 5.41) is 31.9. The lowest BCUT2D eigenvalue weighted by atomic mass is 9.69. The first kappa shape index (κ1) is 44.6. The number of nitrogens with zero attached hydrogens (tertiary/aromatic N) is 7. The molecular weight excluding hydrogens is 841 g/mol. The minimum Gasteiger partial charge on any atom is -0.508 e. The van der Waals surface area contributed by atoms with Gasteiger partial charge in [-0.2, -0.15) is 0 Å². The predicted octanol–water partition coefficient (Wildman–Crippen LogP) is 9.81. The summed E-state index contributed by atoms with van der Waals surface area (Å²) in [5.41, 5.74) is 8.45. The van der Waals surface area contributed by atoms with Crippen molar-refractivity contribution in [3.63, 3.8) is 0 Å². The number of aliphatic imine (C=N–C) groups is 1. The lowest BCUT2D eigenvalue weighted by Crippen LogP contribution is -2.55. The number of halogens is 2. The van der Waals surface area contributed by atoms with Crippen LogP contribution in [0.25, 0.3) is 5.00 Å². The van der Waals surface area contributed by atoms with E-state index in [0.717, 1.165) is 111 Å². The summed E-state index contributed by atoms with van der Waals surface area (Å²) in [4.78, 5) is 13.1. The number of fused-ring (bicyclic) bond motifs is 4. The lowest BCUT2D eigenvalue weighted by Gasteiger charge is -2.44. The van der Waals surface area contributed by atoms with Gasteiger partial charge in [-0.25, -0.2) is 8.78 Å². The van der Waals surface area contributed by atoms with Crippen LogP contribution < -0.4 is 14.5 Å². The van der Waals surface area contributed by atoms with Crippen molar-refractivity contribution in [3.8, 4) is 16.5 Å². The summed E-state index contributed by atoms with van der Waals surface area (Å²) in [7, 11) is 1.71. The van der Waals surface area contributed by atoms with E-state index < -0.39 is 5.60 Å². The number of hydrogen-bond acceptors (Lipinski definition) is 10. The quantitative estimate of drug-likeness (QED) is 0.156. The minimum atomic E-state index is -0.833. The fraction of sp³-hybridized carbons (Fsp3) is 0.404. The average molecular weight is 900 g/mol. The van der Waals surface area contributed by atoms with Crippen LogP contribution in [-0.2, 0) is 6.42 Å². The zero-order valence-corrected chi connectivity index (χ0v) is 37.9. The molecule has 340 valence electrons. The van der Waals surface area contributed by atoms with Crippen LogP contribution in [0.2, 0.25) is 0 Å². The molecule has 4 aromatic carbocycles. The van der Waals surface area contributed by atoms with Gasteiger partial charge in [0.25, 0.3) is 0 Å². The molecule has 1 aliphatic carbocycles. The van der Waals surface area contributed by atoms with E-state index >= 15 is 4.39 Å². The lowest BCUT2D eigenvalue weighted by molar-refractivity contribution is -0.0173. The van der Waals surface area contributed by atoms with E-state index in [4.69, 9.17) is 9.73 Å². The number of anilines is 2. The van der Waals surface area contributed by atoms with E-state index in [1.807, 2.05) is 44.2 Å². The third-order valence-electron chi connectivity index (χ3n) is 14.3. The number of aryl methyl sites for hydroxylation is 3. The molecule has 4 aliphatic rings. The number of aliphatic hydroxyl groups is 1. The molecule has 5 heterocycles. The fourth-order valence-electron chi connectivity index (χ4n) is 10.7. The molecule has 0 saturated carbocycles. The molecule has 2 aromatic heterocycles. The molecule has 13 heteroatoms. The van der Waals surface area contributed by atoms with Gasteiger partial charge in [-0.05, 0) is 130 Å². The number of phenolic OH excluding ortho intramolecular Hbond substituents is 1. The summed E-state index contributed by atoms with van der Waals surface area (Å²) in [6.45, 7) is 13.2. The van der Waals surface area contributed by atoms with E-state index in [1.54, 1.807) is 42.7 Å². The highest BCUT2D eigenvalue weighted by atomic mass is 32.1. The number of aromatic hydroxyl groups is 1. The SMILES string of the molecule is C.COc1cc(N2CCN(CC3(O)CCN(c4ccc(C5=N[C@@H](C)c6nnc(C)n6-c6sc(C)c(C)c65)c(F)c4)CC3)CC2)ccc1C1c2ccc(O)cc2CCC1c1cccc(F)c1. The van der Waals surface area contributed by atoms with Gasteiger partial charge < -0.3 is 24.7 Å². The van der Waals surface area contributed by atoms with Gasteiger partial charge in [0.1, 0.15) is 40.0 Å². The van der Waals surface area contributed by atoms with Crippen LogP contribution in [0, 0.1) is 32.4 Å². The third-order valence-corrected chi connectivity index (χ3v) is 15.5. The molecule has 2 fully saturated rings. The van der Waals surface area contributed by atoms with Gasteiger partial charge in [0, 0.05) is 90.7 Å². The molecule has 10 nitrogen and oxygen atoms in total. The first-order chi connectivity index (χ1) is 30.9. The van der Waals surface area contributed by atoms with E-state index in [-0.39, 0.29) is 42.7 Å². The Morgan fingerprint density at radius 2 is 1.57 bits per heavy atom. The molecular formula is C52H59F2N7O3S. The molecule has 65 heavy (non-hydrogen) atoms. The van der Waals surface area contributed by atoms with E-state index in [1.165, 1.54) is 6.07 Å². The second-order valence-electron chi connectivity index (χ2n) is 18.2. The van der Waals surface area contributed by atoms with Crippen molar-refractivity contribution in [3.05, 3.63) is 146 Å². The Bertz CT molecular complexity index is 2770.